The second-order valence-electron chi connectivity index (χ2n) is 7.08. The summed E-state index contributed by atoms with van der Waals surface area (Å²) in [5, 5.41) is 0.787. The number of benzene rings is 2. The lowest BCUT2D eigenvalue weighted by atomic mass is 9.99. The first-order chi connectivity index (χ1) is 13.9. The first kappa shape index (κ1) is 20.6. The molecule has 4 rings (SSSR count). The summed E-state index contributed by atoms with van der Waals surface area (Å²) < 4.78 is 32.9. The molecule has 154 valence electrons. The summed E-state index contributed by atoms with van der Waals surface area (Å²) in [4.78, 5) is 14.8. The quantitative estimate of drug-likeness (QED) is 0.714. The standard InChI is InChI=1S/C20H20Cl2N2O4S/c21-16-6-5-14-7-8-23(12-15(14)11-16)20(25)18-13-24(9-10-28-18)29(26,27)19-4-2-1-3-17(19)22/h1-6,11,18H,7-10,12-13H2/t18-/m0/s1. The minimum Gasteiger partial charge on any atom is -0.366 e. The third-order valence-corrected chi connectivity index (χ3v) is 7.85. The van der Waals surface area contributed by atoms with Crippen molar-refractivity contribution in [3.63, 3.8) is 0 Å². The number of halogens is 2. The minimum atomic E-state index is -3.81. The highest BCUT2D eigenvalue weighted by atomic mass is 35.5. The van der Waals surface area contributed by atoms with Crippen LogP contribution in [0.5, 0.6) is 0 Å². The number of hydrogen-bond donors (Lipinski definition) is 0. The molecule has 0 spiro atoms. The van der Waals surface area contributed by atoms with Crippen LogP contribution < -0.4 is 0 Å². The van der Waals surface area contributed by atoms with E-state index in [1.807, 2.05) is 18.2 Å². The minimum absolute atomic E-state index is 0.0364. The van der Waals surface area contributed by atoms with Crippen LogP contribution in [0.1, 0.15) is 11.1 Å². The molecule has 0 saturated carbocycles. The molecule has 1 atom stereocenters. The molecule has 0 radical (unpaired) electrons. The van der Waals surface area contributed by atoms with Crippen molar-refractivity contribution in [2.45, 2.75) is 24.0 Å². The van der Waals surface area contributed by atoms with E-state index in [1.54, 1.807) is 17.0 Å². The summed E-state index contributed by atoms with van der Waals surface area (Å²) in [5.74, 6) is -0.213. The number of amides is 1. The number of ether oxygens (including phenoxy) is 1. The molecule has 0 bridgehead atoms. The van der Waals surface area contributed by atoms with Gasteiger partial charge in [0.1, 0.15) is 11.0 Å². The number of nitrogens with zero attached hydrogens (tertiary/aromatic N) is 2. The number of fused-ring (bicyclic) bond motifs is 1. The summed E-state index contributed by atoms with van der Waals surface area (Å²) in [6.07, 6.45) is -0.117. The van der Waals surface area contributed by atoms with E-state index in [0.717, 1.165) is 12.0 Å². The number of carbonyl (C=O) groups is 1. The van der Waals surface area contributed by atoms with Crippen molar-refractivity contribution in [3.8, 4) is 0 Å². The van der Waals surface area contributed by atoms with Gasteiger partial charge in [0.2, 0.25) is 10.0 Å². The smallest absolute Gasteiger partial charge is 0.253 e. The van der Waals surface area contributed by atoms with Crippen molar-refractivity contribution in [2.75, 3.05) is 26.2 Å². The van der Waals surface area contributed by atoms with Gasteiger partial charge in [0, 0.05) is 31.2 Å². The Balaban J connectivity index is 1.50. The van der Waals surface area contributed by atoms with E-state index in [2.05, 4.69) is 0 Å². The Morgan fingerprint density at radius 2 is 1.86 bits per heavy atom. The molecule has 2 aliphatic heterocycles. The lowest BCUT2D eigenvalue weighted by molar-refractivity contribution is -0.148. The van der Waals surface area contributed by atoms with Crippen LogP contribution in [0.2, 0.25) is 10.0 Å². The molecule has 0 N–H and O–H groups in total. The SMILES string of the molecule is O=C([C@@H]1CN(S(=O)(=O)c2ccccc2Cl)CCO1)N1CCc2ccc(Cl)cc2C1. The van der Waals surface area contributed by atoms with E-state index in [1.165, 1.54) is 22.0 Å². The van der Waals surface area contributed by atoms with Crippen molar-refractivity contribution in [2.24, 2.45) is 0 Å². The first-order valence-electron chi connectivity index (χ1n) is 9.28. The highest BCUT2D eigenvalue weighted by molar-refractivity contribution is 7.89. The molecule has 0 aliphatic carbocycles. The molecule has 2 aromatic carbocycles. The molecule has 0 aromatic heterocycles. The molecule has 0 unspecified atom stereocenters. The highest BCUT2D eigenvalue weighted by Gasteiger charge is 2.37. The predicted molar refractivity (Wildman–Crippen MR) is 111 cm³/mol. The van der Waals surface area contributed by atoms with Gasteiger partial charge in [-0.05, 0) is 41.8 Å². The van der Waals surface area contributed by atoms with Crippen molar-refractivity contribution in [3.05, 3.63) is 63.6 Å². The fourth-order valence-electron chi connectivity index (χ4n) is 3.70. The van der Waals surface area contributed by atoms with E-state index in [9.17, 15) is 13.2 Å². The zero-order chi connectivity index (χ0) is 20.6. The van der Waals surface area contributed by atoms with Crippen LogP contribution in [0.4, 0.5) is 0 Å². The van der Waals surface area contributed by atoms with Crippen LogP contribution >= 0.6 is 23.2 Å². The van der Waals surface area contributed by atoms with Crippen LogP contribution in [0.25, 0.3) is 0 Å². The average Bonchev–Trinajstić information content (AvgIpc) is 2.73. The molecule has 1 amide bonds. The number of sulfonamides is 1. The van der Waals surface area contributed by atoms with Crippen LogP contribution in [-0.2, 0) is 32.5 Å². The molecule has 1 saturated heterocycles. The Morgan fingerprint density at radius 1 is 1.07 bits per heavy atom. The lowest BCUT2D eigenvalue weighted by Crippen LogP contribution is -2.53. The summed E-state index contributed by atoms with van der Waals surface area (Å²) >= 11 is 12.2. The zero-order valence-corrected chi connectivity index (χ0v) is 17.9. The van der Waals surface area contributed by atoms with Gasteiger partial charge in [0.05, 0.1) is 11.6 Å². The lowest BCUT2D eigenvalue weighted by Gasteiger charge is -2.36. The summed E-state index contributed by atoms with van der Waals surface area (Å²) in [6, 6.07) is 12.0. The van der Waals surface area contributed by atoms with Crippen LogP contribution in [-0.4, -0.2) is 55.9 Å². The Hall–Kier alpha value is -1.64. The summed E-state index contributed by atoms with van der Waals surface area (Å²) in [5.41, 5.74) is 2.18. The van der Waals surface area contributed by atoms with E-state index in [-0.39, 0.29) is 35.5 Å². The maximum absolute atomic E-state index is 13.0. The maximum Gasteiger partial charge on any atom is 0.253 e. The summed E-state index contributed by atoms with van der Waals surface area (Å²) in [6.45, 7) is 1.29. The van der Waals surface area contributed by atoms with Crippen LogP contribution in [0, 0.1) is 0 Å². The normalized spacial score (nSPS) is 20.3. The number of carbonyl (C=O) groups excluding carboxylic acids is 1. The van der Waals surface area contributed by atoms with Crippen molar-refractivity contribution < 1.29 is 17.9 Å². The largest absolute Gasteiger partial charge is 0.366 e. The fraction of sp³-hybridized carbons (Fsp3) is 0.350. The molecule has 9 heteroatoms. The highest BCUT2D eigenvalue weighted by Crippen LogP contribution is 2.27. The number of hydrogen-bond acceptors (Lipinski definition) is 4. The van der Waals surface area contributed by atoms with Gasteiger partial charge in [-0.3, -0.25) is 4.79 Å². The van der Waals surface area contributed by atoms with Gasteiger partial charge < -0.3 is 9.64 Å². The van der Waals surface area contributed by atoms with Crippen LogP contribution in [0.3, 0.4) is 0 Å². The van der Waals surface area contributed by atoms with Crippen LogP contribution in [0.15, 0.2) is 47.4 Å². The molecule has 2 aromatic rings. The first-order valence-corrected chi connectivity index (χ1v) is 11.5. The Labute approximate surface area is 180 Å². The second-order valence-corrected chi connectivity index (χ2v) is 9.83. The molecular formula is C20H20Cl2N2O4S. The molecule has 2 aliphatic rings. The maximum atomic E-state index is 13.0. The Kier molecular flexibility index (Phi) is 5.86. The number of rotatable bonds is 3. The van der Waals surface area contributed by atoms with Crippen molar-refractivity contribution in [1.82, 2.24) is 9.21 Å². The van der Waals surface area contributed by atoms with Crippen molar-refractivity contribution >= 4 is 39.1 Å². The van der Waals surface area contributed by atoms with Gasteiger partial charge in [-0.25, -0.2) is 8.42 Å². The van der Waals surface area contributed by atoms with E-state index >= 15 is 0 Å². The van der Waals surface area contributed by atoms with E-state index < -0.39 is 16.1 Å². The molecule has 6 nitrogen and oxygen atoms in total. The monoisotopic (exact) mass is 454 g/mol. The predicted octanol–water partition coefficient (Wildman–Crippen LogP) is 2.97. The molecule has 2 heterocycles. The Bertz CT molecular complexity index is 1040. The van der Waals surface area contributed by atoms with Gasteiger partial charge in [-0.1, -0.05) is 41.4 Å². The Morgan fingerprint density at radius 3 is 2.66 bits per heavy atom. The molecular weight excluding hydrogens is 435 g/mol. The second kappa shape index (κ2) is 8.24. The fourth-order valence-corrected chi connectivity index (χ4v) is 5.82. The van der Waals surface area contributed by atoms with Crippen molar-refractivity contribution in [1.29, 1.82) is 0 Å². The van der Waals surface area contributed by atoms with Gasteiger partial charge in [0.15, 0.2) is 0 Å². The average molecular weight is 455 g/mol. The third kappa shape index (κ3) is 4.15. The molecule has 29 heavy (non-hydrogen) atoms. The molecule has 1 fully saturated rings. The van der Waals surface area contributed by atoms with E-state index in [4.69, 9.17) is 27.9 Å². The van der Waals surface area contributed by atoms with Gasteiger partial charge in [0.25, 0.3) is 5.91 Å². The van der Waals surface area contributed by atoms with Gasteiger partial charge >= 0.3 is 0 Å². The van der Waals surface area contributed by atoms with Gasteiger partial charge in [-0.15, -0.1) is 0 Å². The van der Waals surface area contributed by atoms with E-state index in [0.29, 0.717) is 18.1 Å². The zero-order valence-electron chi connectivity index (χ0n) is 15.6. The number of morpholine rings is 1. The topological polar surface area (TPSA) is 66.9 Å². The summed E-state index contributed by atoms with van der Waals surface area (Å²) in [7, 11) is -3.81. The third-order valence-electron chi connectivity index (χ3n) is 5.25. The van der Waals surface area contributed by atoms with Gasteiger partial charge in [-0.2, -0.15) is 4.31 Å².